The predicted molar refractivity (Wildman–Crippen MR) is 39.7 cm³/mol. The third-order valence-corrected chi connectivity index (χ3v) is 1.83. The zero-order chi connectivity index (χ0) is 7.56. The number of piperazine rings is 1. The topological polar surface area (TPSA) is 32.3 Å². The molecule has 1 heterocycles. The Labute approximate surface area is 61.4 Å². The lowest BCUT2D eigenvalue weighted by Crippen LogP contribution is -2.52. The molecular weight excluding hydrogens is 128 g/mol. The van der Waals surface area contributed by atoms with E-state index in [-0.39, 0.29) is 5.91 Å². The van der Waals surface area contributed by atoms with Gasteiger partial charge in [-0.3, -0.25) is 4.79 Å². The molecule has 0 aromatic rings. The van der Waals surface area contributed by atoms with Gasteiger partial charge in [0.15, 0.2) is 0 Å². The predicted octanol–water partition coefficient (Wildman–Crippen LogP) is -0.173. The summed E-state index contributed by atoms with van der Waals surface area (Å²) in [5.41, 5.74) is 0. The van der Waals surface area contributed by atoms with Crippen molar-refractivity contribution in [3.63, 3.8) is 0 Å². The van der Waals surface area contributed by atoms with E-state index in [1.807, 2.05) is 11.8 Å². The normalized spacial score (nSPS) is 27.2. The van der Waals surface area contributed by atoms with Gasteiger partial charge in [0.05, 0.1) is 6.54 Å². The van der Waals surface area contributed by atoms with E-state index in [1.165, 1.54) is 0 Å². The van der Waals surface area contributed by atoms with Crippen LogP contribution in [0.4, 0.5) is 0 Å². The Morgan fingerprint density at radius 1 is 1.80 bits per heavy atom. The number of nitrogens with zero attached hydrogens (tertiary/aromatic N) is 1. The highest BCUT2D eigenvalue weighted by atomic mass is 16.2. The molecule has 1 fully saturated rings. The van der Waals surface area contributed by atoms with Gasteiger partial charge in [-0.25, -0.2) is 0 Å². The maximum Gasteiger partial charge on any atom is 0.236 e. The van der Waals surface area contributed by atoms with Crippen LogP contribution in [0.2, 0.25) is 0 Å². The number of carbonyl (C=O) groups is 1. The smallest absolute Gasteiger partial charge is 0.236 e. The van der Waals surface area contributed by atoms with Gasteiger partial charge in [-0.15, -0.1) is 0 Å². The van der Waals surface area contributed by atoms with Gasteiger partial charge in [-0.05, 0) is 13.8 Å². The first kappa shape index (κ1) is 7.54. The largest absolute Gasteiger partial charge is 0.340 e. The molecule has 1 amide bonds. The zero-order valence-corrected chi connectivity index (χ0v) is 6.55. The summed E-state index contributed by atoms with van der Waals surface area (Å²) in [6.45, 7) is 6.31. The minimum atomic E-state index is 0.223. The second-order valence-electron chi connectivity index (χ2n) is 2.71. The van der Waals surface area contributed by atoms with E-state index < -0.39 is 0 Å². The second kappa shape index (κ2) is 3.01. The van der Waals surface area contributed by atoms with Gasteiger partial charge in [0, 0.05) is 19.1 Å². The van der Waals surface area contributed by atoms with Crippen molar-refractivity contribution in [2.45, 2.75) is 19.9 Å². The SMILES string of the molecule is CCN1C[C@H](C)NCC1=O. The van der Waals surface area contributed by atoms with Crippen LogP contribution >= 0.6 is 0 Å². The lowest BCUT2D eigenvalue weighted by molar-refractivity contribution is -0.132. The van der Waals surface area contributed by atoms with Gasteiger partial charge in [-0.1, -0.05) is 0 Å². The minimum Gasteiger partial charge on any atom is -0.340 e. The van der Waals surface area contributed by atoms with Crippen LogP contribution in [0.1, 0.15) is 13.8 Å². The molecule has 10 heavy (non-hydrogen) atoms. The molecule has 1 aliphatic heterocycles. The quantitative estimate of drug-likeness (QED) is 0.551. The summed E-state index contributed by atoms with van der Waals surface area (Å²) in [5, 5.41) is 3.10. The maximum absolute atomic E-state index is 11.0. The van der Waals surface area contributed by atoms with E-state index in [9.17, 15) is 4.79 Å². The molecule has 0 unspecified atom stereocenters. The van der Waals surface area contributed by atoms with Gasteiger partial charge in [0.2, 0.25) is 5.91 Å². The number of hydrogen-bond donors (Lipinski definition) is 1. The lowest BCUT2D eigenvalue weighted by atomic mass is 10.2. The van der Waals surface area contributed by atoms with Crippen molar-refractivity contribution in [3.05, 3.63) is 0 Å². The molecule has 1 aliphatic rings. The number of carbonyl (C=O) groups excluding carboxylic acids is 1. The fourth-order valence-corrected chi connectivity index (χ4v) is 1.18. The number of amides is 1. The van der Waals surface area contributed by atoms with Crippen molar-refractivity contribution in [1.29, 1.82) is 0 Å². The number of nitrogens with one attached hydrogen (secondary N) is 1. The van der Waals surface area contributed by atoms with Gasteiger partial charge in [-0.2, -0.15) is 0 Å². The van der Waals surface area contributed by atoms with Gasteiger partial charge in [0.1, 0.15) is 0 Å². The van der Waals surface area contributed by atoms with E-state index in [2.05, 4.69) is 12.2 Å². The van der Waals surface area contributed by atoms with E-state index in [4.69, 9.17) is 0 Å². The fourth-order valence-electron chi connectivity index (χ4n) is 1.18. The molecule has 1 N–H and O–H groups in total. The van der Waals surface area contributed by atoms with E-state index >= 15 is 0 Å². The first-order chi connectivity index (χ1) is 4.74. The Hall–Kier alpha value is -0.570. The van der Waals surface area contributed by atoms with Crippen molar-refractivity contribution in [2.24, 2.45) is 0 Å². The Balaban J connectivity index is 2.45. The summed E-state index contributed by atoms with van der Waals surface area (Å²) in [4.78, 5) is 12.9. The summed E-state index contributed by atoms with van der Waals surface area (Å²) in [6.07, 6.45) is 0. The summed E-state index contributed by atoms with van der Waals surface area (Å²) >= 11 is 0. The van der Waals surface area contributed by atoms with Crippen LogP contribution < -0.4 is 5.32 Å². The Morgan fingerprint density at radius 3 is 3.00 bits per heavy atom. The van der Waals surface area contributed by atoms with Crippen LogP contribution in [-0.4, -0.2) is 36.5 Å². The van der Waals surface area contributed by atoms with Crippen molar-refractivity contribution < 1.29 is 4.79 Å². The third kappa shape index (κ3) is 1.48. The monoisotopic (exact) mass is 142 g/mol. The van der Waals surface area contributed by atoms with Gasteiger partial charge >= 0.3 is 0 Å². The van der Waals surface area contributed by atoms with Crippen molar-refractivity contribution in [1.82, 2.24) is 10.2 Å². The van der Waals surface area contributed by atoms with E-state index in [1.54, 1.807) is 0 Å². The summed E-state index contributed by atoms with van der Waals surface area (Å²) < 4.78 is 0. The van der Waals surface area contributed by atoms with Crippen LogP contribution in [0, 0.1) is 0 Å². The highest BCUT2D eigenvalue weighted by Crippen LogP contribution is 1.98. The molecule has 0 aromatic heterocycles. The van der Waals surface area contributed by atoms with Gasteiger partial charge in [0.25, 0.3) is 0 Å². The molecule has 58 valence electrons. The Bertz CT molecular complexity index is 136. The molecule has 0 radical (unpaired) electrons. The first-order valence-electron chi connectivity index (χ1n) is 3.75. The first-order valence-corrected chi connectivity index (χ1v) is 3.75. The van der Waals surface area contributed by atoms with Crippen molar-refractivity contribution in [2.75, 3.05) is 19.6 Å². The second-order valence-corrected chi connectivity index (χ2v) is 2.71. The molecule has 1 rings (SSSR count). The molecule has 0 aromatic carbocycles. The average Bonchev–Trinajstić information content (AvgIpc) is 1.94. The maximum atomic E-state index is 11.0. The van der Waals surface area contributed by atoms with Crippen LogP contribution in [0.25, 0.3) is 0 Å². The minimum absolute atomic E-state index is 0.223. The lowest BCUT2D eigenvalue weighted by Gasteiger charge is -2.30. The van der Waals surface area contributed by atoms with Crippen LogP contribution in [0.5, 0.6) is 0 Å². The molecule has 1 atom stereocenters. The summed E-state index contributed by atoms with van der Waals surface area (Å²) in [6, 6.07) is 0.456. The van der Waals surface area contributed by atoms with Crippen molar-refractivity contribution in [3.8, 4) is 0 Å². The number of hydrogen-bond acceptors (Lipinski definition) is 2. The molecule has 0 spiro atoms. The molecule has 1 saturated heterocycles. The summed E-state index contributed by atoms with van der Waals surface area (Å²) in [7, 11) is 0. The Morgan fingerprint density at radius 2 is 2.50 bits per heavy atom. The van der Waals surface area contributed by atoms with Crippen molar-refractivity contribution >= 4 is 5.91 Å². The van der Waals surface area contributed by atoms with Crippen LogP contribution in [0.3, 0.4) is 0 Å². The number of rotatable bonds is 1. The van der Waals surface area contributed by atoms with E-state index in [0.29, 0.717) is 12.6 Å². The third-order valence-electron chi connectivity index (χ3n) is 1.83. The standard InChI is InChI=1S/C7H14N2O/c1-3-9-5-6(2)8-4-7(9)10/h6,8H,3-5H2,1-2H3/t6-/m0/s1. The Kier molecular flexibility index (Phi) is 2.27. The number of likely N-dealkylation sites (N-methyl/N-ethyl adjacent to an activating group) is 1. The molecule has 3 heteroatoms. The fraction of sp³-hybridized carbons (Fsp3) is 0.857. The summed E-state index contributed by atoms with van der Waals surface area (Å²) in [5.74, 6) is 0.223. The van der Waals surface area contributed by atoms with Crippen LogP contribution in [-0.2, 0) is 4.79 Å². The molecule has 0 saturated carbocycles. The highest BCUT2D eigenvalue weighted by molar-refractivity contribution is 5.79. The zero-order valence-electron chi connectivity index (χ0n) is 6.55. The highest BCUT2D eigenvalue weighted by Gasteiger charge is 2.19. The van der Waals surface area contributed by atoms with E-state index in [0.717, 1.165) is 13.1 Å². The molecular formula is C7H14N2O. The molecule has 0 aliphatic carbocycles. The molecule has 0 bridgehead atoms. The van der Waals surface area contributed by atoms with Crippen LogP contribution in [0.15, 0.2) is 0 Å². The molecule has 3 nitrogen and oxygen atoms in total. The average molecular weight is 142 g/mol. The van der Waals surface area contributed by atoms with Gasteiger partial charge < -0.3 is 10.2 Å².